The molecule has 0 saturated carbocycles. The second kappa shape index (κ2) is 8.80. The second-order valence-electron chi connectivity index (χ2n) is 7.14. The van der Waals surface area contributed by atoms with Gasteiger partial charge in [-0.1, -0.05) is 18.2 Å². The fourth-order valence-electron chi connectivity index (χ4n) is 3.23. The molecule has 0 unspecified atom stereocenters. The predicted octanol–water partition coefficient (Wildman–Crippen LogP) is 3.52. The van der Waals surface area contributed by atoms with E-state index in [4.69, 9.17) is 11.0 Å². The first-order valence-electron chi connectivity index (χ1n) is 9.54. The molecule has 0 spiro atoms. The highest BCUT2D eigenvalue weighted by Crippen LogP contribution is 2.33. The number of pyridine rings is 1. The van der Waals surface area contributed by atoms with Gasteiger partial charge in [0.15, 0.2) is 5.43 Å². The Kier molecular flexibility index (Phi) is 6.19. The Morgan fingerprint density at radius 3 is 2.57 bits per heavy atom. The number of rotatable bonds is 6. The Morgan fingerprint density at radius 1 is 1.20 bits per heavy atom. The van der Waals surface area contributed by atoms with Crippen LogP contribution in [-0.4, -0.2) is 30.2 Å². The zero-order valence-electron chi connectivity index (χ0n) is 16.9. The number of nitrogens with two attached hydrogens (primary N) is 1. The van der Waals surface area contributed by atoms with Gasteiger partial charge in [-0.05, 0) is 49.2 Å². The lowest BCUT2D eigenvalue weighted by molar-refractivity contribution is 0.471. The molecule has 30 heavy (non-hydrogen) atoms. The van der Waals surface area contributed by atoms with E-state index in [-0.39, 0.29) is 16.7 Å². The third-order valence-corrected chi connectivity index (χ3v) is 5.00. The average molecular weight is 406 g/mol. The number of aryl methyl sites for hydroxylation is 1. The molecular weight excluding hydrogens is 383 g/mol. The van der Waals surface area contributed by atoms with Gasteiger partial charge in [0.1, 0.15) is 23.5 Å². The maximum absolute atomic E-state index is 14.3. The molecule has 0 amide bonds. The fraction of sp³-hybridized carbons (Fsp3) is 0.217. The molecule has 0 atom stereocenters. The fourth-order valence-corrected chi connectivity index (χ4v) is 3.23. The maximum atomic E-state index is 14.3. The molecule has 154 valence electrons. The number of phenolic OH excluding ortho intramolecular Hbond substituents is 1. The summed E-state index contributed by atoms with van der Waals surface area (Å²) in [6.07, 6.45) is 0.743. The first-order chi connectivity index (χ1) is 14.3. The smallest absolute Gasteiger partial charge is 0.192 e. The standard InChI is InChI=1S/C23H23FN4O2/c1-14-4-5-15(11-19(14)29)22-20(30)12-21(28(2)9-3-8-25)27-23(22)16-6-7-17(13-26)18(24)10-16/h4-7,10-12,29H,3,8-9,25H2,1-2H3,(H,27,30). The van der Waals surface area contributed by atoms with E-state index in [1.807, 2.05) is 11.9 Å². The molecule has 0 saturated heterocycles. The van der Waals surface area contributed by atoms with Crippen molar-refractivity contribution in [3.05, 3.63) is 69.6 Å². The van der Waals surface area contributed by atoms with Crippen molar-refractivity contribution >= 4 is 5.82 Å². The number of nitriles is 1. The SMILES string of the molecule is Cc1ccc(-c2c(-c3ccc(C#N)c(F)c3)[nH]c(N(C)CCCN)cc2=O)cc1O. The highest BCUT2D eigenvalue weighted by Gasteiger charge is 2.17. The molecule has 1 heterocycles. The summed E-state index contributed by atoms with van der Waals surface area (Å²) in [4.78, 5) is 18.2. The van der Waals surface area contributed by atoms with Crippen LogP contribution in [0.5, 0.6) is 5.75 Å². The van der Waals surface area contributed by atoms with Crippen LogP contribution in [0.2, 0.25) is 0 Å². The molecular formula is C23H23FN4O2. The lowest BCUT2D eigenvalue weighted by atomic mass is 9.97. The Morgan fingerprint density at radius 2 is 1.93 bits per heavy atom. The zero-order chi connectivity index (χ0) is 21.8. The summed E-state index contributed by atoms with van der Waals surface area (Å²) < 4.78 is 14.3. The molecule has 6 nitrogen and oxygen atoms in total. The average Bonchev–Trinajstić information content (AvgIpc) is 2.73. The molecule has 0 bridgehead atoms. The largest absolute Gasteiger partial charge is 0.508 e. The molecule has 3 rings (SSSR count). The lowest BCUT2D eigenvalue weighted by Gasteiger charge is -2.21. The predicted molar refractivity (Wildman–Crippen MR) is 116 cm³/mol. The van der Waals surface area contributed by atoms with Crippen molar-refractivity contribution in [3.8, 4) is 34.2 Å². The Bertz CT molecular complexity index is 1180. The van der Waals surface area contributed by atoms with Crippen molar-refractivity contribution in [1.29, 1.82) is 5.26 Å². The van der Waals surface area contributed by atoms with Crippen molar-refractivity contribution in [1.82, 2.24) is 4.98 Å². The summed E-state index contributed by atoms with van der Waals surface area (Å²) in [7, 11) is 1.83. The van der Waals surface area contributed by atoms with Crippen LogP contribution in [-0.2, 0) is 0 Å². The van der Waals surface area contributed by atoms with E-state index < -0.39 is 5.82 Å². The van der Waals surface area contributed by atoms with Crippen molar-refractivity contribution in [3.63, 3.8) is 0 Å². The Balaban J connectivity index is 2.25. The summed E-state index contributed by atoms with van der Waals surface area (Å²) >= 11 is 0. The minimum Gasteiger partial charge on any atom is -0.508 e. The van der Waals surface area contributed by atoms with Crippen molar-refractivity contribution in [2.75, 3.05) is 25.0 Å². The lowest BCUT2D eigenvalue weighted by Crippen LogP contribution is -2.24. The number of phenols is 1. The quantitative estimate of drug-likeness (QED) is 0.581. The molecule has 4 N–H and O–H groups in total. The number of aromatic hydroxyl groups is 1. The van der Waals surface area contributed by atoms with Gasteiger partial charge in [0.05, 0.1) is 16.8 Å². The summed E-state index contributed by atoms with van der Waals surface area (Å²) in [6, 6.07) is 12.4. The van der Waals surface area contributed by atoms with Gasteiger partial charge in [0.25, 0.3) is 0 Å². The number of aromatic nitrogens is 1. The summed E-state index contributed by atoms with van der Waals surface area (Å²) in [5.41, 5.74) is 7.57. The number of hydrogen-bond donors (Lipinski definition) is 3. The molecule has 7 heteroatoms. The molecule has 0 aliphatic carbocycles. The highest BCUT2D eigenvalue weighted by molar-refractivity contribution is 5.82. The minimum absolute atomic E-state index is 0.0630. The third-order valence-electron chi connectivity index (χ3n) is 5.00. The number of benzene rings is 2. The van der Waals surface area contributed by atoms with Gasteiger partial charge >= 0.3 is 0 Å². The van der Waals surface area contributed by atoms with Crippen molar-refractivity contribution < 1.29 is 9.50 Å². The number of halogens is 1. The molecule has 0 aliphatic rings. The van der Waals surface area contributed by atoms with Crippen LogP contribution in [0.1, 0.15) is 17.5 Å². The van der Waals surface area contributed by atoms with Crippen LogP contribution < -0.4 is 16.1 Å². The van der Waals surface area contributed by atoms with Crippen LogP contribution in [0.4, 0.5) is 10.2 Å². The molecule has 2 aromatic carbocycles. The minimum atomic E-state index is -0.671. The number of hydrogen-bond acceptors (Lipinski definition) is 5. The summed E-state index contributed by atoms with van der Waals surface area (Å²) in [5.74, 6) is -0.0447. The first-order valence-corrected chi connectivity index (χ1v) is 9.54. The van der Waals surface area contributed by atoms with E-state index in [2.05, 4.69) is 4.98 Å². The van der Waals surface area contributed by atoms with Gasteiger partial charge in [-0.15, -0.1) is 0 Å². The number of aromatic amines is 1. The van der Waals surface area contributed by atoms with Crippen LogP contribution in [0.25, 0.3) is 22.4 Å². The summed E-state index contributed by atoms with van der Waals surface area (Å²) in [5, 5.41) is 19.2. The summed E-state index contributed by atoms with van der Waals surface area (Å²) in [6.45, 7) is 2.91. The first kappa shape index (κ1) is 21.1. The Labute approximate surface area is 174 Å². The van der Waals surface area contributed by atoms with E-state index >= 15 is 0 Å². The third kappa shape index (κ3) is 4.19. The normalized spacial score (nSPS) is 10.6. The van der Waals surface area contributed by atoms with E-state index in [0.717, 1.165) is 6.42 Å². The number of anilines is 1. The maximum Gasteiger partial charge on any atom is 0.192 e. The van der Waals surface area contributed by atoms with Gasteiger partial charge < -0.3 is 20.7 Å². The van der Waals surface area contributed by atoms with Crippen molar-refractivity contribution in [2.45, 2.75) is 13.3 Å². The van der Waals surface area contributed by atoms with Gasteiger partial charge in [0.2, 0.25) is 0 Å². The van der Waals surface area contributed by atoms with Crippen LogP contribution in [0, 0.1) is 24.1 Å². The van der Waals surface area contributed by atoms with Crippen LogP contribution in [0.15, 0.2) is 47.3 Å². The number of H-pyrrole nitrogens is 1. The van der Waals surface area contributed by atoms with E-state index in [1.54, 1.807) is 31.2 Å². The molecule has 1 aromatic heterocycles. The van der Waals surface area contributed by atoms with Crippen LogP contribution in [0.3, 0.4) is 0 Å². The van der Waals surface area contributed by atoms with Crippen LogP contribution >= 0.6 is 0 Å². The van der Waals surface area contributed by atoms with Gasteiger partial charge in [0, 0.05) is 25.2 Å². The Hall–Kier alpha value is -3.63. The highest BCUT2D eigenvalue weighted by atomic mass is 19.1. The van der Waals surface area contributed by atoms with Crippen molar-refractivity contribution in [2.24, 2.45) is 5.73 Å². The molecule has 0 aliphatic heterocycles. The molecule has 0 radical (unpaired) electrons. The van der Waals surface area contributed by atoms with E-state index in [0.29, 0.717) is 46.9 Å². The van der Waals surface area contributed by atoms with Gasteiger partial charge in [-0.3, -0.25) is 4.79 Å². The monoisotopic (exact) mass is 406 g/mol. The molecule has 0 fully saturated rings. The van der Waals surface area contributed by atoms with E-state index in [1.165, 1.54) is 24.3 Å². The van der Waals surface area contributed by atoms with Gasteiger partial charge in [-0.2, -0.15) is 5.26 Å². The van der Waals surface area contributed by atoms with E-state index in [9.17, 15) is 14.3 Å². The topological polar surface area (TPSA) is 106 Å². The molecule has 3 aromatic rings. The second-order valence-corrected chi connectivity index (χ2v) is 7.14. The van der Waals surface area contributed by atoms with Gasteiger partial charge in [-0.25, -0.2) is 4.39 Å². The number of nitrogens with zero attached hydrogens (tertiary/aromatic N) is 2. The zero-order valence-corrected chi connectivity index (χ0v) is 16.9. The number of nitrogens with one attached hydrogen (secondary N) is 1.